The van der Waals surface area contributed by atoms with Crippen LogP contribution in [0.25, 0.3) is 0 Å². The predicted molar refractivity (Wildman–Crippen MR) is 120 cm³/mol. The number of hydrogen-bond acceptors (Lipinski definition) is 3. The van der Waals surface area contributed by atoms with Crippen LogP contribution in [0.2, 0.25) is 0 Å². The maximum atomic E-state index is 12.6. The van der Waals surface area contributed by atoms with Crippen LogP contribution in [0.15, 0.2) is 42.5 Å². The third-order valence-electron chi connectivity index (χ3n) is 6.21. The van der Waals surface area contributed by atoms with Crippen LogP contribution < -0.4 is 10.6 Å². The highest BCUT2D eigenvalue weighted by atomic mass is 16.2. The SMILES string of the molecule is C[C@@H](NC(=O)CNc1cccc(C(=O)N2CCCC2)c1)c1ccc2c(c1)CCCC2. The summed E-state index contributed by atoms with van der Waals surface area (Å²) in [7, 11) is 0. The molecule has 0 bridgehead atoms. The first kappa shape index (κ1) is 20.5. The van der Waals surface area contributed by atoms with E-state index in [4.69, 9.17) is 0 Å². The van der Waals surface area contributed by atoms with Crippen molar-refractivity contribution in [2.45, 2.75) is 51.5 Å². The van der Waals surface area contributed by atoms with Crippen molar-refractivity contribution in [3.63, 3.8) is 0 Å². The maximum Gasteiger partial charge on any atom is 0.253 e. The zero-order valence-electron chi connectivity index (χ0n) is 17.7. The molecule has 0 spiro atoms. The van der Waals surface area contributed by atoms with Crippen LogP contribution in [0.5, 0.6) is 0 Å². The predicted octanol–water partition coefficient (Wildman–Crippen LogP) is 4.09. The van der Waals surface area contributed by atoms with Gasteiger partial charge in [-0.05, 0) is 80.3 Å². The number of nitrogens with zero attached hydrogens (tertiary/aromatic N) is 1. The fourth-order valence-electron chi connectivity index (χ4n) is 4.45. The van der Waals surface area contributed by atoms with E-state index in [0.29, 0.717) is 5.56 Å². The summed E-state index contributed by atoms with van der Waals surface area (Å²) in [5, 5.41) is 6.23. The van der Waals surface area contributed by atoms with Crippen molar-refractivity contribution in [1.82, 2.24) is 10.2 Å². The number of carbonyl (C=O) groups is 2. The molecule has 2 aliphatic rings. The maximum absolute atomic E-state index is 12.6. The van der Waals surface area contributed by atoms with Crippen molar-refractivity contribution in [3.05, 3.63) is 64.7 Å². The van der Waals surface area contributed by atoms with Crippen molar-refractivity contribution in [2.24, 2.45) is 0 Å². The van der Waals surface area contributed by atoms with E-state index in [2.05, 4.69) is 28.8 Å². The van der Waals surface area contributed by atoms with E-state index in [1.165, 1.54) is 30.4 Å². The Kier molecular flexibility index (Phi) is 6.36. The third kappa shape index (κ3) is 4.84. The molecule has 5 nitrogen and oxygen atoms in total. The van der Waals surface area contributed by atoms with Crippen LogP contribution in [-0.4, -0.2) is 36.3 Å². The first-order valence-electron chi connectivity index (χ1n) is 11.1. The molecular formula is C25H31N3O2. The fourth-order valence-corrected chi connectivity index (χ4v) is 4.45. The number of fused-ring (bicyclic) bond motifs is 1. The first-order valence-corrected chi connectivity index (χ1v) is 11.1. The van der Waals surface area contributed by atoms with Gasteiger partial charge in [0, 0.05) is 24.3 Å². The summed E-state index contributed by atoms with van der Waals surface area (Å²) in [5.41, 5.74) is 5.49. The molecule has 1 fully saturated rings. The molecule has 0 unspecified atom stereocenters. The molecule has 1 atom stereocenters. The average Bonchev–Trinajstić information content (AvgIpc) is 3.32. The lowest BCUT2D eigenvalue weighted by Gasteiger charge is -2.20. The van der Waals surface area contributed by atoms with Crippen molar-refractivity contribution in [1.29, 1.82) is 0 Å². The van der Waals surface area contributed by atoms with Gasteiger partial charge in [0.2, 0.25) is 5.91 Å². The number of carbonyl (C=O) groups excluding carboxylic acids is 2. The molecule has 158 valence electrons. The molecule has 1 aliphatic carbocycles. The Morgan fingerprint density at radius 2 is 1.73 bits per heavy atom. The van der Waals surface area contributed by atoms with E-state index in [1.54, 1.807) is 0 Å². The third-order valence-corrected chi connectivity index (χ3v) is 6.21. The first-order chi connectivity index (χ1) is 14.6. The standard InChI is InChI=1S/C25H31N3O2/c1-18(20-12-11-19-7-2-3-8-21(19)15-20)27-24(29)17-26-23-10-6-9-22(16-23)25(30)28-13-4-5-14-28/h6,9-12,15-16,18,26H,2-5,7-8,13-14,17H2,1H3,(H,27,29)/t18-/m1/s1. The highest BCUT2D eigenvalue weighted by Crippen LogP contribution is 2.24. The van der Waals surface area contributed by atoms with Crippen LogP contribution in [0.3, 0.4) is 0 Å². The van der Waals surface area contributed by atoms with Crippen LogP contribution in [0.1, 0.15) is 65.7 Å². The minimum atomic E-state index is -0.0588. The lowest BCUT2D eigenvalue weighted by molar-refractivity contribution is -0.120. The van der Waals surface area contributed by atoms with Gasteiger partial charge in [-0.1, -0.05) is 24.3 Å². The van der Waals surface area contributed by atoms with E-state index < -0.39 is 0 Å². The van der Waals surface area contributed by atoms with Crippen molar-refractivity contribution >= 4 is 17.5 Å². The molecule has 0 saturated carbocycles. The van der Waals surface area contributed by atoms with Crippen molar-refractivity contribution in [3.8, 4) is 0 Å². The Balaban J connectivity index is 1.31. The number of benzene rings is 2. The van der Waals surface area contributed by atoms with Crippen LogP contribution >= 0.6 is 0 Å². The smallest absolute Gasteiger partial charge is 0.253 e. The second-order valence-corrected chi connectivity index (χ2v) is 8.46. The molecule has 0 aromatic heterocycles. The Hall–Kier alpha value is -2.82. The Bertz CT molecular complexity index is 918. The normalized spacial score (nSPS) is 16.6. The van der Waals surface area contributed by atoms with Gasteiger partial charge in [0.15, 0.2) is 0 Å². The second kappa shape index (κ2) is 9.33. The van der Waals surface area contributed by atoms with Crippen LogP contribution in [-0.2, 0) is 17.6 Å². The van der Waals surface area contributed by atoms with Gasteiger partial charge in [-0.3, -0.25) is 9.59 Å². The van der Waals surface area contributed by atoms with E-state index in [0.717, 1.165) is 43.6 Å². The number of amides is 2. The van der Waals surface area contributed by atoms with Gasteiger partial charge in [0.05, 0.1) is 12.6 Å². The largest absolute Gasteiger partial charge is 0.376 e. The zero-order chi connectivity index (χ0) is 20.9. The molecule has 2 aromatic rings. The second-order valence-electron chi connectivity index (χ2n) is 8.46. The van der Waals surface area contributed by atoms with Crippen LogP contribution in [0, 0.1) is 0 Å². The Labute approximate surface area is 178 Å². The van der Waals surface area contributed by atoms with Gasteiger partial charge in [0.25, 0.3) is 5.91 Å². The van der Waals surface area contributed by atoms with Gasteiger partial charge in [0.1, 0.15) is 0 Å². The van der Waals surface area contributed by atoms with Crippen molar-refractivity contribution < 1.29 is 9.59 Å². The van der Waals surface area contributed by atoms with Gasteiger partial charge >= 0.3 is 0 Å². The summed E-state index contributed by atoms with van der Waals surface area (Å²) in [4.78, 5) is 26.9. The summed E-state index contributed by atoms with van der Waals surface area (Å²) in [5.74, 6) is 0.0122. The summed E-state index contributed by atoms with van der Waals surface area (Å²) in [6.45, 7) is 3.87. The van der Waals surface area contributed by atoms with Gasteiger partial charge in [-0.25, -0.2) is 0 Å². The number of nitrogens with one attached hydrogen (secondary N) is 2. The summed E-state index contributed by atoms with van der Waals surface area (Å²) in [6, 6.07) is 14.0. The summed E-state index contributed by atoms with van der Waals surface area (Å²) < 4.78 is 0. The molecular weight excluding hydrogens is 374 g/mol. The molecule has 5 heteroatoms. The molecule has 1 saturated heterocycles. The number of hydrogen-bond donors (Lipinski definition) is 2. The Morgan fingerprint density at radius 1 is 0.967 bits per heavy atom. The minimum Gasteiger partial charge on any atom is -0.376 e. The quantitative estimate of drug-likeness (QED) is 0.761. The van der Waals surface area contributed by atoms with E-state index >= 15 is 0 Å². The molecule has 0 radical (unpaired) electrons. The highest BCUT2D eigenvalue weighted by molar-refractivity contribution is 5.95. The molecule has 1 heterocycles. The molecule has 30 heavy (non-hydrogen) atoms. The summed E-state index contributed by atoms with van der Waals surface area (Å²) >= 11 is 0. The molecule has 2 amide bonds. The van der Waals surface area contributed by atoms with Crippen molar-refractivity contribution in [2.75, 3.05) is 25.0 Å². The fraction of sp³-hybridized carbons (Fsp3) is 0.440. The van der Waals surface area contributed by atoms with E-state index in [9.17, 15) is 9.59 Å². The Morgan fingerprint density at radius 3 is 2.53 bits per heavy atom. The van der Waals surface area contributed by atoms with Crippen LogP contribution in [0.4, 0.5) is 5.69 Å². The number of rotatable bonds is 6. The number of likely N-dealkylation sites (tertiary alicyclic amines) is 1. The summed E-state index contributed by atoms with van der Waals surface area (Å²) in [6.07, 6.45) is 6.98. The lowest BCUT2D eigenvalue weighted by atomic mass is 9.89. The average molecular weight is 406 g/mol. The number of anilines is 1. The van der Waals surface area contributed by atoms with Gasteiger partial charge in [-0.2, -0.15) is 0 Å². The molecule has 4 rings (SSSR count). The minimum absolute atomic E-state index is 0.0328. The van der Waals surface area contributed by atoms with E-state index in [-0.39, 0.29) is 24.4 Å². The monoisotopic (exact) mass is 405 g/mol. The molecule has 1 aliphatic heterocycles. The zero-order valence-corrected chi connectivity index (χ0v) is 17.7. The van der Waals surface area contributed by atoms with Gasteiger partial charge in [-0.15, -0.1) is 0 Å². The molecule has 2 aromatic carbocycles. The highest BCUT2D eigenvalue weighted by Gasteiger charge is 2.19. The molecule has 2 N–H and O–H groups in total. The van der Waals surface area contributed by atoms with Gasteiger partial charge < -0.3 is 15.5 Å². The number of aryl methyl sites for hydroxylation is 2. The topological polar surface area (TPSA) is 61.4 Å². The van der Waals surface area contributed by atoms with E-state index in [1.807, 2.05) is 36.1 Å². The lowest BCUT2D eigenvalue weighted by Crippen LogP contribution is -2.32.